The third-order valence-electron chi connectivity index (χ3n) is 5.05. The molecular weight excluding hydrogens is 428 g/mol. The van der Waals surface area contributed by atoms with Gasteiger partial charge in [-0.25, -0.2) is 17.6 Å². The Morgan fingerprint density at radius 1 is 1.23 bits per heavy atom. The number of carbonyl (C=O) groups is 2. The van der Waals surface area contributed by atoms with E-state index >= 15 is 0 Å². The van der Waals surface area contributed by atoms with Gasteiger partial charge in [0.05, 0.1) is 16.3 Å². The average Bonchev–Trinajstić information content (AvgIpc) is 2.63. The Bertz CT molecular complexity index is 1040. The van der Waals surface area contributed by atoms with E-state index in [2.05, 4.69) is 5.32 Å². The lowest BCUT2D eigenvalue weighted by molar-refractivity contribution is -0.118. The monoisotopic (exact) mass is 442 g/mol. The zero-order valence-electron chi connectivity index (χ0n) is 15.4. The SMILES string of the molecule is O=C1COc2cc(F)c(C(=O)N3CC(CC(F)(F)c4ccc(F)cc4Cl)C3)cc2N1. The van der Waals surface area contributed by atoms with Crippen LogP contribution < -0.4 is 10.1 Å². The average molecular weight is 443 g/mol. The summed E-state index contributed by atoms with van der Waals surface area (Å²) in [6, 6.07) is 4.85. The number of benzene rings is 2. The minimum absolute atomic E-state index is 0.00657. The lowest BCUT2D eigenvalue weighted by Crippen LogP contribution is -2.51. The van der Waals surface area contributed by atoms with Crippen molar-refractivity contribution in [1.29, 1.82) is 0 Å². The summed E-state index contributed by atoms with van der Waals surface area (Å²) < 4.78 is 61.6. The minimum Gasteiger partial charge on any atom is -0.481 e. The van der Waals surface area contributed by atoms with Crippen LogP contribution in [0.1, 0.15) is 22.3 Å². The van der Waals surface area contributed by atoms with Crippen LogP contribution in [-0.4, -0.2) is 36.4 Å². The largest absolute Gasteiger partial charge is 0.481 e. The van der Waals surface area contributed by atoms with Crippen molar-refractivity contribution in [2.75, 3.05) is 25.0 Å². The van der Waals surface area contributed by atoms with E-state index < -0.39 is 47.3 Å². The van der Waals surface area contributed by atoms with Gasteiger partial charge in [0.2, 0.25) is 0 Å². The van der Waals surface area contributed by atoms with Crippen LogP contribution >= 0.6 is 11.6 Å². The van der Waals surface area contributed by atoms with Crippen LogP contribution in [0.15, 0.2) is 30.3 Å². The molecule has 1 saturated heterocycles. The number of anilines is 1. The van der Waals surface area contributed by atoms with Gasteiger partial charge in [-0.15, -0.1) is 0 Å². The molecule has 1 fully saturated rings. The van der Waals surface area contributed by atoms with Gasteiger partial charge in [-0.1, -0.05) is 11.6 Å². The zero-order chi connectivity index (χ0) is 21.6. The van der Waals surface area contributed by atoms with Crippen molar-refractivity contribution in [2.24, 2.45) is 5.92 Å². The molecule has 0 saturated carbocycles. The topological polar surface area (TPSA) is 58.6 Å². The highest BCUT2D eigenvalue weighted by Crippen LogP contribution is 2.41. The van der Waals surface area contributed by atoms with Crippen molar-refractivity contribution in [3.63, 3.8) is 0 Å². The van der Waals surface area contributed by atoms with E-state index in [1.54, 1.807) is 0 Å². The van der Waals surface area contributed by atoms with Gasteiger partial charge in [0.1, 0.15) is 17.4 Å². The fraction of sp³-hybridized carbons (Fsp3) is 0.300. The van der Waals surface area contributed by atoms with E-state index in [-0.39, 0.29) is 41.7 Å². The number of carbonyl (C=O) groups excluding carboxylic acids is 2. The molecule has 0 atom stereocenters. The van der Waals surface area contributed by atoms with Crippen molar-refractivity contribution in [3.8, 4) is 5.75 Å². The molecule has 0 unspecified atom stereocenters. The number of nitrogens with one attached hydrogen (secondary N) is 1. The van der Waals surface area contributed by atoms with E-state index in [9.17, 15) is 27.2 Å². The summed E-state index contributed by atoms with van der Waals surface area (Å²) in [7, 11) is 0. The number of ether oxygens (including phenoxy) is 1. The van der Waals surface area contributed by atoms with E-state index in [0.717, 1.165) is 24.3 Å². The van der Waals surface area contributed by atoms with Crippen LogP contribution in [0.5, 0.6) is 5.75 Å². The molecule has 0 aromatic heterocycles. The Labute approximate surface area is 173 Å². The summed E-state index contributed by atoms with van der Waals surface area (Å²) in [6.07, 6.45) is -0.585. The summed E-state index contributed by atoms with van der Waals surface area (Å²) >= 11 is 5.74. The number of rotatable bonds is 4. The van der Waals surface area contributed by atoms with Gasteiger partial charge >= 0.3 is 0 Å². The van der Waals surface area contributed by atoms with Gasteiger partial charge in [-0.2, -0.15) is 0 Å². The highest BCUT2D eigenvalue weighted by atomic mass is 35.5. The number of alkyl halides is 2. The Morgan fingerprint density at radius 3 is 2.67 bits per heavy atom. The van der Waals surface area contributed by atoms with Gasteiger partial charge in [-0.05, 0) is 24.3 Å². The first-order valence-electron chi connectivity index (χ1n) is 9.03. The van der Waals surface area contributed by atoms with Crippen molar-refractivity contribution in [3.05, 3.63) is 58.1 Å². The van der Waals surface area contributed by atoms with E-state index in [4.69, 9.17) is 16.3 Å². The van der Waals surface area contributed by atoms with Crippen LogP contribution in [-0.2, 0) is 10.7 Å². The molecule has 0 bridgehead atoms. The molecule has 2 aromatic carbocycles. The van der Waals surface area contributed by atoms with Crippen LogP contribution in [0, 0.1) is 17.6 Å². The molecule has 30 heavy (non-hydrogen) atoms. The molecule has 10 heteroatoms. The Kier molecular flexibility index (Phi) is 5.09. The molecule has 1 N–H and O–H groups in total. The standard InChI is InChI=1S/C20H15ClF4N2O3/c21-14-3-11(22)1-2-13(14)20(24,25)6-10-7-27(8-10)19(29)12-4-16-17(5-15(12)23)30-9-18(28)26-16/h1-5,10H,6-9H2,(H,26,28). The van der Waals surface area contributed by atoms with Crippen LogP contribution in [0.25, 0.3) is 0 Å². The Morgan fingerprint density at radius 2 is 1.97 bits per heavy atom. The third kappa shape index (κ3) is 3.81. The van der Waals surface area contributed by atoms with Crippen LogP contribution in [0.3, 0.4) is 0 Å². The highest BCUT2D eigenvalue weighted by molar-refractivity contribution is 6.31. The smallest absolute Gasteiger partial charge is 0.275 e. The van der Waals surface area contributed by atoms with Crippen molar-refractivity contribution in [2.45, 2.75) is 12.3 Å². The maximum Gasteiger partial charge on any atom is 0.275 e. The molecule has 2 amide bonds. The first-order valence-corrected chi connectivity index (χ1v) is 9.40. The second-order valence-electron chi connectivity index (χ2n) is 7.27. The number of hydrogen-bond donors (Lipinski definition) is 1. The number of likely N-dealkylation sites (tertiary alicyclic amines) is 1. The molecule has 4 rings (SSSR count). The summed E-state index contributed by atoms with van der Waals surface area (Å²) in [5, 5.41) is 2.12. The Balaban J connectivity index is 1.42. The lowest BCUT2D eigenvalue weighted by Gasteiger charge is -2.41. The van der Waals surface area contributed by atoms with Crippen molar-refractivity contribution in [1.82, 2.24) is 4.90 Å². The molecule has 2 aliphatic rings. The maximum absolute atomic E-state index is 14.5. The van der Waals surface area contributed by atoms with Gasteiger partial charge in [0.25, 0.3) is 17.7 Å². The molecule has 2 heterocycles. The second kappa shape index (κ2) is 7.46. The fourth-order valence-electron chi connectivity index (χ4n) is 3.56. The number of nitrogens with zero attached hydrogens (tertiary/aromatic N) is 1. The predicted molar refractivity (Wildman–Crippen MR) is 99.8 cm³/mol. The molecule has 0 spiro atoms. The molecule has 2 aromatic rings. The minimum atomic E-state index is -3.30. The number of hydrogen-bond acceptors (Lipinski definition) is 3. The molecule has 158 valence electrons. The van der Waals surface area contributed by atoms with Crippen molar-refractivity contribution < 1.29 is 31.9 Å². The number of amides is 2. The molecular formula is C20H15ClF4N2O3. The van der Waals surface area contributed by atoms with E-state index in [1.807, 2.05) is 0 Å². The lowest BCUT2D eigenvalue weighted by atomic mass is 9.89. The third-order valence-corrected chi connectivity index (χ3v) is 5.36. The molecule has 0 aliphatic carbocycles. The van der Waals surface area contributed by atoms with Crippen molar-refractivity contribution >= 4 is 29.1 Å². The zero-order valence-corrected chi connectivity index (χ0v) is 16.1. The fourth-order valence-corrected chi connectivity index (χ4v) is 3.86. The maximum atomic E-state index is 14.5. The molecule has 5 nitrogen and oxygen atoms in total. The quantitative estimate of drug-likeness (QED) is 0.722. The first kappa shape index (κ1) is 20.5. The van der Waals surface area contributed by atoms with Crippen LogP contribution in [0.4, 0.5) is 23.2 Å². The van der Waals surface area contributed by atoms with Gasteiger partial charge < -0.3 is 15.0 Å². The summed E-state index contributed by atoms with van der Waals surface area (Å²) in [6.45, 7) is -0.237. The van der Waals surface area contributed by atoms with Gasteiger partial charge in [0, 0.05) is 37.1 Å². The second-order valence-corrected chi connectivity index (χ2v) is 7.68. The normalized spacial score (nSPS) is 16.4. The number of fused-ring (bicyclic) bond motifs is 1. The first-order chi connectivity index (χ1) is 14.1. The highest BCUT2D eigenvalue weighted by Gasteiger charge is 2.42. The van der Waals surface area contributed by atoms with Crippen LogP contribution in [0.2, 0.25) is 5.02 Å². The number of halogens is 5. The Hall–Kier alpha value is -2.81. The summed E-state index contributed by atoms with van der Waals surface area (Å²) in [5.41, 5.74) is -0.594. The van der Waals surface area contributed by atoms with Gasteiger partial charge in [-0.3, -0.25) is 9.59 Å². The van der Waals surface area contributed by atoms with Gasteiger partial charge in [0.15, 0.2) is 6.61 Å². The van der Waals surface area contributed by atoms with E-state index in [1.165, 1.54) is 11.0 Å². The summed E-state index contributed by atoms with van der Waals surface area (Å²) in [4.78, 5) is 25.2. The summed E-state index contributed by atoms with van der Waals surface area (Å²) in [5.74, 6) is -6.37. The molecule has 0 radical (unpaired) electrons. The molecule has 2 aliphatic heterocycles. The predicted octanol–water partition coefficient (Wildman–Crippen LogP) is 4.20. The van der Waals surface area contributed by atoms with E-state index in [0.29, 0.717) is 0 Å².